The topological polar surface area (TPSA) is 102 Å². The summed E-state index contributed by atoms with van der Waals surface area (Å²) in [6.45, 7) is 3.88. The Bertz CT molecular complexity index is 1090. The van der Waals surface area contributed by atoms with Crippen molar-refractivity contribution in [3.8, 4) is 11.3 Å². The van der Waals surface area contributed by atoms with Crippen LogP contribution in [-0.4, -0.2) is 41.3 Å². The molecular weight excluding hydrogens is 396 g/mol. The van der Waals surface area contributed by atoms with E-state index in [0.29, 0.717) is 12.2 Å². The number of ether oxygens (including phenoxy) is 1. The first kappa shape index (κ1) is 21.8. The molecule has 0 aliphatic carbocycles. The van der Waals surface area contributed by atoms with E-state index in [-0.39, 0.29) is 5.56 Å². The first-order chi connectivity index (χ1) is 14.9. The third kappa shape index (κ3) is 5.79. The number of urea groups is 1. The molecule has 0 atom stereocenters. The normalized spacial score (nSPS) is 10.4. The second-order valence-electron chi connectivity index (χ2n) is 7.14. The fourth-order valence-corrected chi connectivity index (χ4v) is 2.89. The van der Waals surface area contributed by atoms with Crippen LogP contribution in [0.3, 0.4) is 0 Å². The number of carbonyl (C=O) groups excluding carboxylic acids is 3. The number of nitrogens with one attached hydrogen (secondary N) is 2. The minimum atomic E-state index is -0.725. The summed E-state index contributed by atoms with van der Waals surface area (Å²) in [5, 5.41) is 8.89. The lowest BCUT2D eigenvalue weighted by Crippen LogP contribution is -2.39. The number of hydrogen-bond acceptors (Lipinski definition) is 5. The Hall–Kier alpha value is -3.94. The zero-order chi connectivity index (χ0) is 22.4. The SMILES string of the molecule is CNC(=O)NC(=O)COC(=O)c1cn(Cc2ccc(C)cc2)nc1-c1ccc(C)cc1. The number of hydrogen-bond donors (Lipinski definition) is 2. The number of aryl methyl sites for hydroxylation is 2. The number of nitrogens with zero attached hydrogens (tertiary/aromatic N) is 2. The average molecular weight is 420 g/mol. The molecule has 31 heavy (non-hydrogen) atoms. The van der Waals surface area contributed by atoms with Crippen molar-refractivity contribution >= 4 is 17.9 Å². The molecule has 1 aromatic heterocycles. The Morgan fingerprint density at radius 1 is 0.968 bits per heavy atom. The molecule has 2 N–H and O–H groups in total. The van der Waals surface area contributed by atoms with Crippen LogP contribution in [0.2, 0.25) is 0 Å². The summed E-state index contributed by atoms with van der Waals surface area (Å²) in [6.07, 6.45) is 1.61. The molecule has 0 fully saturated rings. The number of imide groups is 1. The molecule has 0 bridgehead atoms. The highest BCUT2D eigenvalue weighted by Crippen LogP contribution is 2.24. The summed E-state index contributed by atoms with van der Waals surface area (Å²) < 4.78 is 6.78. The predicted octanol–water partition coefficient (Wildman–Crippen LogP) is 2.83. The van der Waals surface area contributed by atoms with Gasteiger partial charge < -0.3 is 10.1 Å². The lowest BCUT2D eigenvalue weighted by molar-refractivity contribution is -0.123. The van der Waals surface area contributed by atoms with Crippen LogP contribution in [0, 0.1) is 13.8 Å². The number of rotatable bonds is 6. The molecule has 0 spiro atoms. The standard InChI is InChI=1S/C23H24N4O4/c1-15-4-8-17(9-5-15)12-27-13-19(21(26-27)18-10-6-16(2)7-11-18)22(29)31-14-20(28)25-23(30)24-3/h4-11,13H,12,14H2,1-3H3,(H2,24,25,28,30). The molecule has 0 aliphatic heterocycles. The number of amides is 3. The van der Waals surface area contributed by atoms with E-state index in [1.165, 1.54) is 7.05 Å². The maximum Gasteiger partial charge on any atom is 0.342 e. The summed E-state index contributed by atoms with van der Waals surface area (Å²) in [5.41, 5.74) is 4.73. The summed E-state index contributed by atoms with van der Waals surface area (Å²) in [5.74, 6) is -1.42. The first-order valence-corrected chi connectivity index (χ1v) is 9.74. The Kier molecular flexibility index (Phi) is 6.81. The molecule has 3 amide bonds. The molecule has 3 rings (SSSR count). The second kappa shape index (κ2) is 9.71. The third-order valence-corrected chi connectivity index (χ3v) is 4.59. The van der Waals surface area contributed by atoms with Gasteiger partial charge in [0.25, 0.3) is 5.91 Å². The van der Waals surface area contributed by atoms with Gasteiger partial charge in [-0.1, -0.05) is 59.7 Å². The quantitative estimate of drug-likeness (QED) is 0.597. The van der Waals surface area contributed by atoms with E-state index in [4.69, 9.17) is 4.74 Å². The molecule has 0 unspecified atom stereocenters. The van der Waals surface area contributed by atoms with Crippen molar-refractivity contribution in [3.63, 3.8) is 0 Å². The van der Waals surface area contributed by atoms with Crippen molar-refractivity contribution in [3.05, 3.63) is 77.0 Å². The smallest absolute Gasteiger partial charge is 0.342 e. The highest BCUT2D eigenvalue weighted by molar-refractivity contribution is 5.99. The van der Waals surface area contributed by atoms with Crippen molar-refractivity contribution in [2.75, 3.05) is 13.7 Å². The van der Waals surface area contributed by atoms with Gasteiger partial charge in [-0.05, 0) is 19.4 Å². The van der Waals surface area contributed by atoms with Crippen LogP contribution < -0.4 is 10.6 Å². The zero-order valence-corrected chi connectivity index (χ0v) is 17.6. The zero-order valence-electron chi connectivity index (χ0n) is 17.6. The van der Waals surface area contributed by atoms with Crippen molar-refractivity contribution in [2.24, 2.45) is 0 Å². The monoisotopic (exact) mass is 420 g/mol. The van der Waals surface area contributed by atoms with Crippen LogP contribution in [0.15, 0.2) is 54.7 Å². The molecule has 0 radical (unpaired) electrons. The first-order valence-electron chi connectivity index (χ1n) is 9.74. The third-order valence-electron chi connectivity index (χ3n) is 4.59. The maximum atomic E-state index is 12.7. The summed E-state index contributed by atoms with van der Waals surface area (Å²) >= 11 is 0. The molecule has 8 nitrogen and oxygen atoms in total. The average Bonchev–Trinajstić information content (AvgIpc) is 3.18. The van der Waals surface area contributed by atoms with Gasteiger partial charge in [-0.2, -0.15) is 5.10 Å². The van der Waals surface area contributed by atoms with Crippen molar-refractivity contribution < 1.29 is 19.1 Å². The fraction of sp³-hybridized carbons (Fsp3) is 0.217. The van der Waals surface area contributed by atoms with E-state index >= 15 is 0 Å². The molecule has 2 aromatic carbocycles. The van der Waals surface area contributed by atoms with Gasteiger partial charge in [0.15, 0.2) is 6.61 Å². The fourth-order valence-electron chi connectivity index (χ4n) is 2.89. The van der Waals surface area contributed by atoms with Gasteiger partial charge in [0.1, 0.15) is 11.3 Å². The van der Waals surface area contributed by atoms with E-state index in [2.05, 4.69) is 10.4 Å². The van der Waals surface area contributed by atoms with Gasteiger partial charge >= 0.3 is 12.0 Å². The van der Waals surface area contributed by atoms with Gasteiger partial charge in [0.05, 0.1) is 6.54 Å². The second-order valence-corrected chi connectivity index (χ2v) is 7.14. The number of benzene rings is 2. The van der Waals surface area contributed by atoms with Gasteiger partial charge in [-0.25, -0.2) is 9.59 Å². The lowest BCUT2D eigenvalue weighted by atomic mass is 10.1. The van der Waals surface area contributed by atoms with Gasteiger partial charge in [-0.15, -0.1) is 0 Å². The van der Waals surface area contributed by atoms with E-state index in [0.717, 1.165) is 22.3 Å². The van der Waals surface area contributed by atoms with Gasteiger partial charge in [0, 0.05) is 18.8 Å². The maximum absolute atomic E-state index is 12.7. The van der Waals surface area contributed by atoms with Crippen molar-refractivity contribution in [1.29, 1.82) is 0 Å². The predicted molar refractivity (Wildman–Crippen MR) is 116 cm³/mol. The molecule has 0 saturated heterocycles. The van der Waals surface area contributed by atoms with Gasteiger partial charge in [0.2, 0.25) is 0 Å². The molecule has 0 aliphatic rings. The Balaban J connectivity index is 1.84. The highest BCUT2D eigenvalue weighted by Gasteiger charge is 2.21. The van der Waals surface area contributed by atoms with E-state index < -0.39 is 24.5 Å². The molecule has 0 saturated carbocycles. The Morgan fingerprint density at radius 3 is 2.19 bits per heavy atom. The summed E-state index contributed by atoms with van der Waals surface area (Å²) in [6, 6.07) is 15.0. The van der Waals surface area contributed by atoms with Crippen LogP contribution in [0.1, 0.15) is 27.0 Å². The minimum absolute atomic E-state index is 0.240. The van der Waals surface area contributed by atoms with E-state index in [1.807, 2.05) is 67.7 Å². The van der Waals surface area contributed by atoms with Crippen LogP contribution in [-0.2, 0) is 16.1 Å². The lowest BCUT2D eigenvalue weighted by Gasteiger charge is -2.06. The number of carbonyl (C=O) groups is 3. The van der Waals surface area contributed by atoms with Crippen molar-refractivity contribution in [1.82, 2.24) is 20.4 Å². The minimum Gasteiger partial charge on any atom is -0.452 e. The van der Waals surface area contributed by atoms with E-state index in [9.17, 15) is 14.4 Å². The number of esters is 1. The Morgan fingerprint density at radius 2 is 1.58 bits per heavy atom. The van der Waals surface area contributed by atoms with Crippen LogP contribution in [0.25, 0.3) is 11.3 Å². The van der Waals surface area contributed by atoms with Crippen molar-refractivity contribution in [2.45, 2.75) is 20.4 Å². The van der Waals surface area contributed by atoms with Crippen LogP contribution in [0.5, 0.6) is 0 Å². The van der Waals surface area contributed by atoms with Crippen LogP contribution >= 0.6 is 0 Å². The summed E-state index contributed by atoms with van der Waals surface area (Å²) in [4.78, 5) is 35.7. The Labute approximate surface area is 180 Å². The highest BCUT2D eigenvalue weighted by atomic mass is 16.5. The van der Waals surface area contributed by atoms with Crippen LogP contribution in [0.4, 0.5) is 4.79 Å². The molecule has 3 aromatic rings. The molecule has 8 heteroatoms. The molecule has 1 heterocycles. The molecule has 160 valence electrons. The summed E-state index contributed by atoms with van der Waals surface area (Å²) in [7, 11) is 1.38. The largest absolute Gasteiger partial charge is 0.452 e. The van der Waals surface area contributed by atoms with Gasteiger partial charge in [-0.3, -0.25) is 14.8 Å². The number of aromatic nitrogens is 2. The van der Waals surface area contributed by atoms with E-state index in [1.54, 1.807) is 10.9 Å². The molecular formula is C23H24N4O4.